The van der Waals surface area contributed by atoms with Crippen LogP contribution < -0.4 is 15.4 Å². The third-order valence-electron chi connectivity index (χ3n) is 3.77. The summed E-state index contributed by atoms with van der Waals surface area (Å²) in [6, 6.07) is 14.0. The first-order valence-electron chi connectivity index (χ1n) is 8.28. The van der Waals surface area contributed by atoms with Crippen molar-refractivity contribution < 1.29 is 19.1 Å². The van der Waals surface area contributed by atoms with Crippen LogP contribution in [0.1, 0.15) is 12.5 Å². The van der Waals surface area contributed by atoms with Gasteiger partial charge in [-0.15, -0.1) is 0 Å². The number of rotatable bonds is 6. The van der Waals surface area contributed by atoms with Crippen LogP contribution in [0.25, 0.3) is 10.2 Å². The van der Waals surface area contributed by atoms with Gasteiger partial charge in [0.1, 0.15) is 18.4 Å². The number of alkyl carbamates (subject to hydrolysis) is 1. The number of carbonyl (C=O) groups is 2. The van der Waals surface area contributed by atoms with Crippen LogP contribution in [0, 0.1) is 0 Å². The molecule has 1 aromatic heterocycles. The first kappa shape index (κ1) is 18.7. The Hall–Kier alpha value is -3.13. The number of carbonyl (C=O) groups excluding carboxylic acids is 2. The lowest BCUT2D eigenvalue weighted by Gasteiger charge is -2.13. The lowest BCUT2D eigenvalue weighted by molar-refractivity contribution is -0.117. The Morgan fingerprint density at radius 1 is 1.19 bits per heavy atom. The zero-order valence-electron chi connectivity index (χ0n) is 14.9. The van der Waals surface area contributed by atoms with Crippen LogP contribution in [0.4, 0.5) is 9.93 Å². The minimum Gasteiger partial charge on any atom is -0.497 e. The molecule has 0 unspecified atom stereocenters. The maximum atomic E-state index is 12.3. The predicted octanol–water partition coefficient (Wildman–Crippen LogP) is 3.56. The maximum absolute atomic E-state index is 12.3. The zero-order chi connectivity index (χ0) is 19.2. The van der Waals surface area contributed by atoms with Gasteiger partial charge in [-0.3, -0.25) is 4.79 Å². The third-order valence-corrected chi connectivity index (χ3v) is 4.70. The van der Waals surface area contributed by atoms with E-state index in [1.807, 2.05) is 42.5 Å². The average molecular weight is 385 g/mol. The largest absolute Gasteiger partial charge is 0.497 e. The van der Waals surface area contributed by atoms with Gasteiger partial charge in [-0.25, -0.2) is 9.78 Å². The highest BCUT2D eigenvalue weighted by molar-refractivity contribution is 7.22. The monoisotopic (exact) mass is 385 g/mol. The van der Waals surface area contributed by atoms with Gasteiger partial charge in [0, 0.05) is 0 Å². The van der Waals surface area contributed by atoms with Crippen molar-refractivity contribution in [2.75, 3.05) is 12.4 Å². The summed E-state index contributed by atoms with van der Waals surface area (Å²) in [7, 11) is 1.59. The van der Waals surface area contributed by atoms with Crippen molar-refractivity contribution >= 4 is 38.7 Å². The molecule has 0 aliphatic rings. The van der Waals surface area contributed by atoms with Gasteiger partial charge < -0.3 is 20.1 Å². The fourth-order valence-electron chi connectivity index (χ4n) is 2.31. The van der Waals surface area contributed by atoms with E-state index in [0.29, 0.717) is 5.13 Å². The number of nitrogens with one attached hydrogen (secondary N) is 2. The van der Waals surface area contributed by atoms with Gasteiger partial charge in [0.05, 0.1) is 17.3 Å². The summed E-state index contributed by atoms with van der Waals surface area (Å²) in [5, 5.41) is 5.66. The molecule has 2 aromatic carbocycles. The van der Waals surface area contributed by atoms with Gasteiger partial charge in [-0.05, 0) is 30.7 Å². The molecule has 0 bridgehead atoms. The van der Waals surface area contributed by atoms with Crippen molar-refractivity contribution in [1.29, 1.82) is 0 Å². The lowest BCUT2D eigenvalue weighted by atomic mass is 10.2. The van der Waals surface area contributed by atoms with Crippen molar-refractivity contribution in [3.05, 3.63) is 54.1 Å². The number of thiazole rings is 1. The Morgan fingerprint density at radius 3 is 2.70 bits per heavy atom. The normalized spacial score (nSPS) is 11.6. The third kappa shape index (κ3) is 4.95. The molecule has 0 saturated heterocycles. The molecule has 1 atom stereocenters. The van der Waals surface area contributed by atoms with Crippen molar-refractivity contribution in [2.24, 2.45) is 0 Å². The molecule has 0 spiro atoms. The molecule has 27 heavy (non-hydrogen) atoms. The molecule has 0 aliphatic carbocycles. The summed E-state index contributed by atoms with van der Waals surface area (Å²) >= 11 is 1.33. The van der Waals surface area contributed by atoms with Crippen LogP contribution in [-0.2, 0) is 16.1 Å². The first-order valence-corrected chi connectivity index (χ1v) is 9.09. The van der Waals surface area contributed by atoms with E-state index in [9.17, 15) is 9.59 Å². The van der Waals surface area contributed by atoms with E-state index in [4.69, 9.17) is 9.47 Å². The Labute approximate surface area is 160 Å². The number of hydrogen-bond donors (Lipinski definition) is 2. The summed E-state index contributed by atoms with van der Waals surface area (Å²) in [4.78, 5) is 28.5. The zero-order valence-corrected chi connectivity index (χ0v) is 15.7. The fourth-order valence-corrected chi connectivity index (χ4v) is 3.20. The molecule has 1 heterocycles. The summed E-state index contributed by atoms with van der Waals surface area (Å²) in [6.45, 7) is 1.72. The van der Waals surface area contributed by atoms with Crippen LogP contribution in [0.15, 0.2) is 48.5 Å². The van der Waals surface area contributed by atoms with Crippen LogP contribution in [0.2, 0.25) is 0 Å². The van der Waals surface area contributed by atoms with E-state index in [2.05, 4.69) is 15.6 Å². The fraction of sp³-hybridized carbons (Fsp3) is 0.211. The Kier molecular flexibility index (Phi) is 5.87. The molecule has 140 valence electrons. The van der Waals surface area contributed by atoms with E-state index in [1.165, 1.54) is 11.3 Å². The highest BCUT2D eigenvalue weighted by Crippen LogP contribution is 2.29. The molecular formula is C19H19N3O4S. The molecule has 2 amide bonds. The maximum Gasteiger partial charge on any atom is 0.408 e. The molecular weight excluding hydrogens is 366 g/mol. The summed E-state index contributed by atoms with van der Waals surface area (Å²) < 4.78 is 11.2. The van der Waals surface area contributed by atoms with Gasteiger partial charge >= 0.3 is 6.09 Å². The molecule has 0 saturated carbocycles. The Balaban J connectivity index is 1.53. The molecule has 8 heteroatoms. The van der Waals surface area contributed by atoms with Gasteiger partial charge in [-0.1, -0.05) is 41.7 Å². The van der Waals surface area contributed by atoms with Gasteiger partial charge in [0.15, 0.2) is 5.13 Å². The topological polar surface area (TPSA) is 89.5 Å². The highest BCUT2D eigenvalue weighted by Gasteiger charge is 2.18. The number of nitrogens with zero attached hydrogens (tertiary/aromatic N) is 1. The van der Waals surface area contributed by atoms with Crippen LogP contribution >= 0.6 is 11.3 Å². The second kappa shape index (κ2) is 8.50. The van der Waals surface area contributed by atoms with E-state index in [1.54, 1.807) is 20.1 Å². The standard InChI is InChI=1S/C19H19N3O4S/c1-12(20-19(24)26-11-13-6-4-3-5-7-13)17(23)22-18-21-15-9-8-14(25-2)10-16(15)27-18/h3-10,12H,11H2,1-2H3,(H,20,24)(H,21,22,23)/t12-/m0/s1. The molecule has 0 radical (unpaired) electrons. The van der Waals surface area contributed by atoms with Gasteiger partial charge in [0.25, 0.3) is 0 Å². The smallest absolute Gasteiger partial charge is 0.408 e. The van der Waals surface area contributed by atoms with Gasteiger partial charge in [-0.2, -0.15) is 0 Å². The summed E-state index contributed by atoms with van der Waals surface area (Å²) in [5.74, 6) is 0.345. The van der Waals surface area contributed by atoms with Crippen molar-refractivity contribution in [1.82, 2.24) is 10.3 Å². The molecule has 3 aromatic rings. The summed E-state index contributed by atoms with van der Waals surface area (Å²) in [6.07, 6.45) is -0.657. The number of aromatic nitrogens is 1. The molecule has 0 aliphatic heterocycles. The Bertz CT molecular complexity index is 943. The minimum absolute atomic E-state index is 0.140. The van der Waals surface area contributed by atoms with Crippen LogP contribution in [0.3, 0.4) is 0 Å². The minimum atomic E-state index is -0.769. The first-order chi connectivity index (χ1) is 13.0. The lowest BCUT2D eigenvalue weighted by Crippen LogP contribution is -2.41. The average Bonchev–Trinajstić information content (AvgIpc) is 3.08. The van der Waals surface area contributed by atoms with Crippen molar-refractivity contribution in [3.8, 4) is 5.75 Å². The van der Waals surface area contributed by atoms with E-state index < -0.39 is 12.1 Å². The van der Waals surface area contributed by atoms with E-state index in [-0.39, 0.29) is 12.5 Å². The SMILES string of the molecule is COc1ccc2nc(NC(=O)[C@H](C)NC(=O)OCc3ccccc3)sc2c1. The number of anilines is 1. The number of amides is 2. The number of fused-ring (bicyclic) bond motifs is 1. The van der Waals surface area contributed by atoms with Crippen molar-refractivity contribution in [3.63, 3.8) is 0 Å². The number of benzene rings is 2. The quantitative estimate of drug-likeness (QED) is 0.677. The second-order valence-electron chi connectivity index (χ2n) is 5.77. The number of hydrogen-bond acceptors (Lipinski definition) is 6. The second-order valence-corrected chi connectivity index (χ2v) is 6.80. The van der Waals surface area contributed by atoms with Crippen LogP contribution in [-0.4, -0.2) is 30.1 Å². The summed E-state index contributed by atoms with van der Waals surface area (Å²) in [5.41, 5.74) is 1.63. The van der Waals surface area contributed by atoms with Crippen LogP contribution in [0.5, 0.6) is 5.75 Å². The molecule has 0 fully saturated rings. The molecule has 2 N–H and O–H groups in total. The predicted molar refractivity (Wildman–Crippen MR) is 104 cm³/mol. The number of methoxy groups -OCH3 is 1. The molecule has 7 nitrogen and oxygen atoms in total. The van der Waals surface area contributed by atoms with Crippen molar-refractivity contribution in [2.45, 2.75) is 19.6 Å². The van der Waals surface area contributed by atoms with E-state index >= 15 is 0 Å². The highest BCUT2D eigenvalue weighted by atomic mass is 32.1. The van der Waals surface area contributed by atoms with Gasteiger partial charge in [0.2, 0.25) is 5.91 Å². The number of ether oxygens (including phenoxy) is 2. The molecule has 3 rings (SSSR count). The Morgan fingerprint density at radius 2 is 1.96 bits per heavy atom. The van der Waals surface area contributed by atoms with E-state index in [0.717, 1.165) is 21.5 Å².